The Hall–Kier alpha value is -3.02. The van der Waals surface area contributed by atoms with Crippen LogP contribution in [0.4, 0.5) is 5.82 Å². The van der Waals surface area contributed by atoms with Crippen LogP contribution in [0.15, 0.2) is 36.5 Å². The largest absolute Gasteiger partial charge is 0.496 e. The summed E-state index contributed by atoms with van der Waals surface area (Å²) >= 11 is 0. The van der Waals surface area contributed by atoms with Crippen LogP contribution >= 0.6 is 0 Å². The lowest BCUT2D eigenvalue weighted by atomic mass is 10.0. The molecule has 0 saturated carbocycles. The Kier molecular flexibility index (Phi) is 3.89. The van der Waals surface area contributed by atoms with Gasteiger partial charge < -0.3 is 20.1 Å². The minimum atomic E-state index is -0.930. The van der Waals surface area contributed by atoms with E-state index in [-0.39, 0.29) is 6.54 Å². The van der Waals surface area contributed by atoms with Crippen molar-refractivity contribution in [3.8, 4) is 16.9 Å². The van der Waals surface area contributed by atoms with Crippen molar-refractivity contribution in [2.75, 3.05) is 19.0 Å². The van der Waals surface area contributed by atoms with E-state index < -0.39 is 5.97 Å². The predicted octanol–water partition coefficient (Wildman–Crippen LogP) is 3.04. The first-order valence-corrected chi connectivity index (χ1v) is 7.17. The van der Waals surface area contributed by atoms with Crippen LogP contribution in [0, 0.1) is 6.92 Å². The standard InChI is InChI=1S/C17H17N3O3/c1-10-7-11(3-4-14(10)23-2)13-8-15(19-9-16(21)22)20-17-12(13)5-6-18-17/h3-8H,9H2,1-2H3,(H,21,22)(H2,18,19,20). The van der Waals surface area contributed by atoms with E-state index in [2.05, 4.69) is 15.3 Å². The summed E-state index contributed by atoms with van der Waals surface area (Å²) in [5, 5.41) is 12.6. The number of aromatic nitrogens is 2. The van der Waals surface area contributed by atoms with E-state index in [1.54, 1.807) is 7.11 Å². The number of hydrogen-bond donors (Lipinski definition) is 3. The Morgan fingerprint density at radius 3 is 2.87 bits per heavy atom. The van der Waals surface area contributed by atoms with E-state index in [4.69, 9.17) is 9.84 Å². The van der Waals surface area contributed by atoms with E-state index in [0.29, 0.717) is 11.5 Å². The van der Waals surface area contributed by atoms with E-state index in [1.165, 1.54) is 0 Å². The minimum absolute atomic E-state index is 0.180. The highest BCUT2D eigenvalue weighted by Gasteiger charge is 2.11. The number of pyridine rings is 1. The molecule has 6 heteroatoms. The summed E-state index contributed by atoms with van der Waals surface area (Å²) in [6, 6.07) is 9.77. The molecular formula is C17H17N3O3. The molecule has 0 aliphatic carbocycles. The number of ether oxygens (including phenoxy) is 1. The first-order valence-electron chi connectivity index (χ1n) is 7.17. The average molecular weight is 311 g/mol. The van der Waals surface area contributed by atoms with Gasteiger partial charge in [-0.1, -0.05) is 6.07 Å². The highest BCUT2D eigenvalue weighted by molar-refractivity contribution is 5.95. The molecule has 3 rings (SSSR count). The number of anilines is 1. The molecule has 1 aromatic carbocycles. The summed E-state index contributed by atoms with van der Waals surface area (Å²) in [6.45, 7) is 1.81. The summed E-state index contributed by atoms with van der Waals surface area (Å²) < 4.78 is 5.30. The van der Waals surface area contributed by atoms with Crippen molar-refractivity contribution in [1.29, 1.82) is 0 Å². The zero-order chi connectivity index (χ0) is 16.4. The maximum absolute atomic E-state index is 10.7. The number of methoxy groups -OCH3 is 1. The van der Waals surface area contributed by atoms with E-state index in [1.807, 2.05) is 43.5 Å². The molecule has 0 bridgehead atoms. The molecule has 118 valence electrons. The minimum Gasteiger partial charge on any atom is -0.496 e. The number of nitrogens with zero attached hydrogens (tertiary/aromatic N) is 1. The van der Waals surface area contributed by atoms with Crippen molar-refractivity contribution >= 4 is 22.8 Å². The number of fused-ring (bicyclic) bond motifs is 1. The average Bonchev–Trinajstić information content (AvgIpc) is 3.00. The van der Waals surface area contributed by atoms with Crippen LogP contribution in [0.5, 0.6) is 5.75 Å². The van der Waals surface area contributed by atoms with Gasteiger partial charge >= 0.3 is 5.97 Å². The van der Waals surface area contributed by atoms with Crippen molar-refractivity contribution in [1.82, 2.24) is 9.97 Å². The van der Waals surface area contributed by atoms with Crippen LogP contribution in [0.25, 0.3) is 22.2 Å². The highest BCUT2D eigenvalue weighted by atomic mass is 16.5. The molecule has 0 atom stereocenters. The number of aromatic amines is 1. The maximum atomic E-state index is 10.7. The third-order valence-electron chi connectivity index (χ3n) is 3.66. The fourth-order valence-corrected chi connectivity index (χ4v) is 2.58. The third kappa shape index (κ3) is 2.96. The van der Waals surface area contributed by atoms with Gasteiger partial charge in [0, 0.05) is 11.6 Å². The van der Waals surface area contributed by atoms with Crippen LogP contribution in [-0.4, -0.2) is 34.7 Å². The summed E-state index contributed by atoms with van der Waals surface area (Å²) in [6.07, 6.45) is 1.82. The van der Waals surface area contributed by atoms with Crippen LogP contribution in [0.3, 0.4) is 0 Å². The van der Waals surface area contributed by atoms with Gasteiger partial charge in [-0.15, -0.1) is 0 Å². The monoisotopic (exact) mass is 311 g/mol. The van der Waals surface area contributed by atoms with Crippen molar-refractivity contribution in [2.45, 2.75) is 6.92 Å². The van der Waals surface area contributed by atoms with Crippen molar-refractivity contribution in [3.63, 3.8) is 0 Å². The number of carboxylic acids is 1. The van der Waals surface area contributed by atoms with Crippen LogP contribution in [0.1, 0.15) is 5.56 Å². The number of H-pyrrole nitrogens is 1. The Balaban J connectivity index is 2.09. The molecule has 0 unspecified atom stereocenters. The smallest absolute Gasteiger partial charge is 0.322 e. The van der Waals surface area contributed by atoms with Gasteiger partial charge in [0.1, 0.15) is 23.8 Å². The number of nitrogens with one attached hydrogen (secondary N) is 2. The molecule has 2 heterocycles. The van der Waals surface area contributed by atoms with Gasteiger partial charge in [-0.3, -0.25) is 4.79 Å². The molecule has 3 N–H and O–H groups in total. The van der Waals surface area contributed by atoms with Crippen LogP contribution in [0.2, 0.25) is 0 Å². The molecule has 0 amide bonds. The lowest BCUT2D eigenvalue weighted by Gasteiger charge is -2.11. The molecule has 2 aromatic heterocycles. The lowest BCUT2D eigenvalue weighted by Crippen LogP contribution is -2.13. The summed E-state index contributed by atoms with van der Waals surface area (Å²) in [4.78, 5) is 18.2. The fourth-order valence-electron chi connectivity index (χ4n) is 2.58. The lowest BCUT2D eigenvalue weighted by molar-refractivity contribution is -0.134. The normalized spacial score (nSPS) is 10.7. The third-order valence-corrected chi connectivity index (χ3v) is 3.66. The molecule has 3 aromatic rings. The van der Waals surface area contributed by atoms with Gasteiger partial charge in [-0.25, -0.2) is 4.98 Å². The summed E-state index contributed by atoms with van der Waals surface area (Å²) in [5.74, 6) is 0.420. The van der Waals surface area contributed by atoms with Gasteiger partial charge in [-0.05, 0) is 47.9 Å². The number of aryl methyl sites for hydroxylation is 1. The maximum Gasteiger partial charge on any atom is 0.322 e. The molecule has 6 nitrogen and oxygen atoms in total. The molecule has 0 aliphatic rings. The zero-order valence-corrected chi connectivity index (χ0v) is 12.9. The van der Waals surface area contributed by atoms with Crippen molar-refractivity contribution < 1.29 is 14.6 Å². The van der Waals surface area contributed by atoms with Crippen molar-refractivity contribution in [3.05, 3.63) is 42.1 Å². The quantitative estimate of drug-likeness (QED) is 0.674. The number of rotatable bonds is 5. The molecule has 0 saturated heterocycles. The van der Waals surface area contributed by atoms with Crippen LogP contribution < -0.4 is 10.1 Å². The molecular weight excluding hydrogens is 294 g/mol. The Labute approximate surface area is 133 Å². The summed E-state index contributed by atoms with van der Waals surface area (Å²) in [5.41, 5.74) is 3.75. The Bertz CT molecular complexity index is 871. The number of carbonyl (C=O) groups is 1. The SMILES string of the molecule is COc1ccc(-c2cc(NCC(=O)O)nc3[nH]ccc23)cc1C. The summed E-state index contributed by atoms with van der Waals surface area (Å²) in [7, 11) is 1.65. The number of aliphatic carboxylic acids is 1. The molecule has 0 spiro atoms. The van der Waals surface area contributed by atoms with Gasteiger partial charge in [-0.2, -0.15) is 0 Å². The van der Waals surface area contributed by atoms with Crippen LogP contribution in [-0.2, 0) is 4.79 Å². The molecule has 23 heavy (non-hydrogen) atoms. The van der Waals surface area contributed by atoms with Gasteiger partial charge in [0.2, 0.25) is 0 Å². The van der Waals surface area contributed by atoms with E-state index in [9.17, 15) is 4.79 Å². The van der Waals surface area contributed by atoms with E-state index >= 15 is 0 Å². The van der Waals surface area contributed by atoms with Crippen molar-refractivity contribution in [2.24, 2.45) is 0 Å². The Morgan fingerprint density at radius 1 is 1.35 bits per heavy atom. The first-order chi connectivity index (χ1) is 11.1. The van der Waals surface area contributed by atoms with Gasteiger partial charge in [0.25, 0.3) is 0 Å². The number of hydrogen-bond acceptors (Lipinski definition) is 4. The van der Waals surface area contributed by atoms with Gasteiger partial charge in [0.05, 0.1) is 7.11 Å². The molecule has 0 fully saturated rings. The second-order valence-electron chi connectivity index (χ2n) is 5.23. The Morgan fingerprint density at radius 2 is 2.17 bits per heavy atom. The first kappa shape index (κ1) is 14.9. The second-order valence-corrected chi connectivity index (χ2v) is 5.23. The molecule has 0 aliphatic heterocycles. The van der Waals surface area contributed by atoms with E-state index in [0.717, 1.165) is 27.8 Å². The second kappa shape index (κ2) is 6.00. The topological polar surface area (TPSA) is 87.2 Å². The molecule has 0 radical (unpaired) electrons. The fraction of sp³-hybridized carbons (Fsp3) is 0.176. The zero-order valence-electron chi connectivity index (χ0n) is 12.9. The highest BCUT2D eigenvalue weighted by Crippen LogP contribution is 2.32. The predicted molar refractivity (Wildman–Crippen MR) is 88.9 cm³/mol. The number of carboxylic acid groups (broad SMARTS) is 1. The van der Waals surface area contributed by atoms with Gasteiger partial charge in [0.15, 0.2) is 0 Å². The number of benzene rings is 1.